The van der Waals surface area contributed by atoms with Crippen LogP contribution in [0.1, 0.15) is 26.3 Å². The van der Waals surface area contributed by atoms with Crippen molar-refractivity contribution in [3.63, 3.8) is 0 Å². The first-order valence-corrected chi connectivity index (χ1v) is 8.90. The van der Waals surface area contributed by atoms with E-state index < -0.39 is 11.7 Å². The second-order valence-corrected chi connectivity index (χ2v) is 6.20. The highest BCUT2D eigenvalue weighted by molar-refractivity contribution is 6.10. The maximum absolute atomic E-state index is 14.3. The van der Waals surface area contributed by atoms with Gasteiger partial charge in [0.05, 0.1) is 30.3 Å². The summed E-state index contributed by atoms with van der Waals surface area (Å²) in [5, 5.41) is 8.69. The van der Waals surface area contributed by atoms with Gasteiger partial charge in [0.2, 0.25) is 0 Å². The summed E-state index contributed by atoms with van der Waals surface area (Å²) in [6.07, 6.45) is 1.27. The van der Waals surface area contributed by atoms with Crippen molar-refractivity contribution < 1.29 is 18.7 Å². The fourth-order valence-electron chi connectivity index (χ4n) is 2.71. The quantitative estimate of drug-likeness (QED) is 0.330. The molecule has 0 aliphatic carbocycles. The number of rotatable bonds is 6. The number of methoxy groups -OCH3 is 1. The third kappa shape index (κ3) is 4.79. The molecule has 30 heavy (non-hydrogen) atoms. The van der Waals surface area contributed by atoms with Gasteiger partial charge in [0.1, 0.15) is 11.6 Å². The van der Waals surface area contributed by atoms with Crippen molar-refractivity contribution in [2.45, 2.75) is 0 Å². The number of carbonyl (C=O) groups is 2. The Hall–Kier alpha value is -4.20. The van der Waals surface area contributed by atoms with Crippen LogP contribution in [0.3, 0.4) is 0 Å². The molecular formula is C22H19FN4O3. The molecule has 0 unspecified atom stereocenters. The van der Waals surface area contributed by atoms with Crippen LogP contribution in [0.15, 0.2) is 71.8 Å². The van der Waals surface area contributed by atoms with Gasteiger partial charge in [0.15, 0.2) is 0 Å². The molecule has 7 nitrogen and oxygen atoms in total. The van der Waals surface area contributed by atoms with Crippen molar-refractivity contribution in [3.8, 4) is 5.75 Å². The van der Waals surface area contributed by atoms with Gasteiger partial charge in [-0.3, -0.25) is 9.59 Å². The molecule has 0 radical (unpaired) electrons. The van der Waals surface area contributed by atoms with E-state index in [0.29, 0.717) is 28.3 Å². The smallest absolute Gasteiger partial charge is 0.258 e. The molecule has 0 fully saturated rings. The van der Waals surface area contributed by atoms with Crippen molar-refractivity contribution in [2.24, 2.45) is 10.9 Å². The lowest BCUT2D eigenvalue weighted by Gasteiger charge is -2.13. The zero-order valence-electron chi connectivity index (χ0n) is 16.1. The second-order valence-electron chi connectivity index (χ2n) is 6.20. The Balaban J connectivity index is 1.78. The van der Waals surface area contributed by atoms with Crippen molar-refractivity contribution in [2.75, 3.05) is 17.7 Å². The van der Waals surface area contributed by atoms with Gasteiger partial charge < -0.3 is 21.2 Å². The summed E-state index contributed by atoms with van der Waals surface area (Å²) in [4.78, 5) is 25.1. The summed E-state index contributed by atoms with van der Waals surface area (Å²) in [6.45, 7) is 0. The zero-order chi connectivity index (χ0) is 21.5. The molecule has 3 rings (SSSR count). The standard InChI is InChI=1S/C22H19FN4O3/c1-30-16-9-7-15(8-10-16)21(28)26-19-4-2-3-5-20(19)27-22(29)17-11-6-14(13-25-24)12-18(17)23/h2-13H,24H2,1H3,(H,26,28)(H,27,29). The van der Waals surface area contributed by atoms with Crippen LogP contribution in [0.25, 0.3) is 0 Å². The number of para-hydroxylation sites is 2. The van der Waals surface area contributed by atoms with Crippen molar-refractivity contribution in [3.05, 3.63) is 89.2 Å². The van der Waals surface area contributed by atoms with Crippen molar-refractivity contribution in [1.82, 2.24) is 0 Å². The molecule has 4 N–H and O–H groups in total. The van der Waals surface area contributed by atoms with Crippen molar-refractivity contribution >= 4 is 29.4 Å². The van der Waals surface area contributed by atoms with E-state index in [9.17, 15) is 14.0 Å². The lowest BCUT2D eigenvalue weighted by Crippen LogP contribution is -2.17. The first-order valence-electron chi connectivity index (χ1n) is 8.90. The number of carbonyl (C=O) groups excluding carboxylic acids is 2. The molecule has 0 aromatic heterocycles. The fraction of sp³-hybridized carbons (Fsp3) is 0.0455. The van der Waals surface area contributed by atoms with Crippen LogP contribution in [-0.4, -0.2) is 25.1 Å². The van der Waals surface area contributed by atoms with Gasteiger partial charge in [-0.05, 0) is 54.1 Å². The Kier molecular flexibility index (Phi) is 6.39. The molecule has 0 aliphatic rings. The number of amides is 2. The molecule has 3 aromatic carbocycles. The van der Waals surface area contributed by atoms with E-state index in [-0.39, 0.29) is 11.5 Å². The maximum atomic E-state index is 14.3. The Labute approximate surface area is 172 Å². The highest BCUT2D eigenvalue weighted by Gasteiger charge is 2.15. The summed E-state index contributed by atoms with van der Waals surface area (Å²) in [5.74, 6) is 3.94. The zero-order valence-corrected chi connectivity index (χ0v) is 16.1. The molecule has 152 valence electrons. The lowest BCUT2D eigenvalue weighted by molar-refractivity contribution is 0.101. The van der Waals surface area contributed by atoms with Crippen LogP contribution >= 0.6 is 0 Å². The Bertz CT molecular complexity index is 1100. The van der Waals surface area contributed by atoms with Crippen LogP contribution in [0.2, 0.25) is 0 Å². The number of nitrogens with zero attached hydrogens (tertiary/aromatic N) is 1. The minimum absolute atomic E-state index is 0.152. The fourth-order valence-corrected chi connectivity index (χ4v) is 2.71. The maximum Gasteiger partial charge on any atom is 0.258 e. The molecule has 0 atom stereocenters. The van der Waals surface area contributed by atoms with Gasteiger partial charge in [-0.1, -0.05) is 18.2 Å². The Morgan fingerprint density at radius 1 is 0.967 bits per heavy atom. The number of anilines is 2. The van der Waals surface area contributed by atoms with E-state index in [1.165, 1.54) is 25.5 Å². The molecule has 3 aromatic rings. The number of nitrogens with two attached hydrogens (primary N) is 1. The first kappa shape index (κ1) is 20.5. The van der Waals surface area contributed by atoms with Crippen LogP contribution in [0.4, 0.5) is 15.8 Å². The van der Waals surface area contributed by atoms with E-state index in [4.69, 9.17) is 10.6 Å². The third-order valence-electron chi connectivity index (χ3n) is 4.24. The van der Waals surface area contributed by atoms with Crippen LogP contribution in [0, 0.1) is 5.82 Å². The molecule has 0 aliphatic heterocycles. The first-order chi connectivity index (χ1) is 14.5. The minimum Gasteiger partial charge on any atom is -0.497 e. The number of halogens is 1. The Morgan fingerprint density at radius 2 is 1.60 bits per heavy atom. The summed E-state index contributed by atoms with van der Waals surface area (Å²) in [6, 6.07) is 17.2. The van der Waals surface area contributed by atoms with Crippen molar-refractivity contribution in [1.29, 1.82) is 0 Å². The van der Waals surface area contributed by atoms with Crippen LogP contribution in [0.5, 0.6) is 5.75 Å². The highest BCUT2D eigenvalue weighted by atomic mass is 19.1. The van der Waals surface area contributed by atoms with Crippen LogP contribution in [-0.2, 0) is 0 Å². The van der Waals surface area contributed by atoms with E-state index in [1.807, 2.05) is 0 Å². The number of ether oxygens (including phenoxy) is 1. The molecule has 0 saturated heterocycles. The molecule has 0 heterocycles. The molecule has 0 bridgehead atoms. The lowest BCUT2D eigenvalue weighted by atomic mass is 10.1. The van der Waals surface area contributed by atoms with Gasteiger partial charge in [-0.15, -0.1) is 0 Å². The van der Waals surface area contributed by atoms with Gasteiger partial charge in [-0.2, -0.15) is 5.10 Å². The largest absolute Gasteiger partial charge is 0.497 e. The highest BCUT2D eigenvalue weighted by Crippen LogP contribution is 2.23. The number of hydrazone groups is 1. The molecular weight excluding hydrogens is 387 g/mol. The topological polar surface area (TPSA) is 106 Å². The van der Waals surface area contributed by atoms with E-state index >= 15 is 0 Å². The summed E-state index contributed by atoms with van der Waals surface area (Å²) in [7, 11) is 1.54. The molecule has 8 heteroatoms. The third-order valence-corrected chi connectivity index (χ3v) is 4.24. The molecule has 0 spiro atoms. The predicted octanol–water partition coefficient (Wildman–Crippen LogP) is 3.63. The molecule has 2 amide bonds. The second kappa shape index (κ2) is 9.33. The summed E-state index contributed by atoms with van der Waals surface area (Å²) >= 11 is 0. The summed E-state index contributed by atoms with van der Waals surface area (Å²) < 4.78 is 19.4. The van der Waals surface area contributed by atoms with Gasteiger partial charge in [0.25, 0.3) is 11.8 Å². The summed E-state index contributed by atoms with van der Waals surface area (Å²) in [5.41, 5.74) is 1.40. The van der Waals surface area contributed by atoms with Gasteiger partial charge >= 0.3 is 0 Å². The van der Waals surface area contributed by atoms with Gasteiger partial charge in [0, 0.05) is 5.56 Å². The number of hydrogen-bond acceptors (Lipinski definition) is 5. The number of nitrogens with one attached hydrogen (secondary N) is 2. The van der Waals surface area contributed by atoms with E-state index in [0.717, 1.165) is 6.07 Å². The molecule has 0 saturated carbocycles. The van der Waals surface area contributed by atoms with E-state index in [2.05, 4.69) is 15.7 Å². The average Bonchev–Trinajstić information content (AvgIpc) is 2.75. The van der Waals surface area contributed by atoms with Gasteiger partial charge in [-0.25, -0.2) is 4.39 Å². The Morgan fingerprint density at radius 3 is 2.17 bits per heavy atom. The normalized spacial score (nSPS) is 10.6. The van der Waals surface area contributed by atoms with E-state index in [1.54, 1.807) is 48.5 Å². The predicted molar refractivity (Wildman–Crippen MR) is 114 cm³/mol. The average molecular weight is 406 g/mol. The van der Waals surface area contributed by atoms with Crippen LogP contribution < -0.4 is 21.2 Å². The number of benzene rings is 3. The SMILES string of the molecule is COc1ccc(C(=O)Nc2ccccc2NC(=O)c2ccc(C=NN)cc2F)cc1. The monoisotopic (exact) mass is 406 g/mol. The number of hydrogen-bond donors (Lipinski definition) is 3. The minimum atomic E-state index is -0.718.